The lowest BCUT2D eigenvalue weighted by atomic mass is 10.2. The molecule has 2 rings (SSSR count). The quantitative estimate of drug-likeness (QED) is 0.908. The Bertz CT molecular complexity index is 475. The van der Waals surface area contributed by atoms with E-state index >= 15 is 0 Å². The first-order chi connectivity index (χ1) is 9.58. The van der Waals surface area contributed by atoms with Gasteiger partial charge in [-0.05, 0) is 31.9 Å². The molecule has 1 heterocycles. The zero-order chi connectivity index (χ0) is 14.5. The van der Waals surface area contributed by atoms with Crippen LogP contribution < -0.4 is 10.1 Å². The predicted molar refractivity (Wildman–Crippen MR) is 78.5 cm³/mol. The third-order valence-electron chi connectivity index (χ3n) is 3.12. The maximum absolute atomic E-state index is 11.9. The molecule has 6 heteroatoms. The molecule has 0 aromatic heterocycles. The molecule has 0 spiro atoms. The second-order valence-electron chi connectivity index (χ2n) is 4.69. The Morgan fingerprint density at radius 1 is 1.55 bits per heavy atom. The van der Waals surface area contributed by atoms with E-state index in [4.69, 9.17) is 32.7 Å². The van der Waals surface area contributed by atoms with Crippen LogP contribution in [0, 0.1) is 0 Å². The standard InChI is InChI=1S/C14H17Cl2NO3/c1-9(14(18)17-8-10-4-3-7-19-10)20-12-6-2-5-11(15)13(12)16/h2,5-6,9-10H,3-4,7-8H2,1H3,(H,17,18)/t9-,10+/m0/s1. The van der Waals surface area contributed by atoms with Gasteiger partial charge in [-0.3, -0.25) is 4.79 Å². The molecule has 0 unspecified atom stereocenters. The first-order valence-corrected chi connectivity index (χ1v) is 7.33. The predicted octanol–water partition coefficient (Wildman–Crippen LogP) is 3.06. The zero-order valence-electron chi connectivity index (χ0n) is 11.2. The van der Waals surface area contributed by atoms with Gasteiger partial charge in [0.15, 0.2) is 6.10 Å². The average Bonchev–Trinajstić information content (AvgIpc) is 2.94. The molecule has 0 saturated carbocycles. The fraction of sp³-hybridized carbons (Fsp3) is 0.500. The van der Waals surface area contributed by atoms with E-state index in [0.717, 1.165) is 19.4 Å². The highest BCUT2D eigenvalue weighted by atomic mass is 35.5. The molecule has 20 heavy (non-hydrogen) atoms. The molecule has 2 atom stereocenters. The third-order valence-corrected chi connectivity index (χ3v) is 3.92. The second-order valence-corrected chi connectivity index (χ2v) is 5.48. The molecule has 1 aliphatic heterocycles. The van der Waals surface area contributed by atoms with E-state index in [1.54, 1.807) is 25.1 Å². The van der Waals surface area contributed by atoms with Gasteiger partial charge in [0.1, 0.15) is 10.8 Å². The molecule has 1 N–H and O–H groups in total. The first kappa shape index (κ1) is 15.4. The van der Waals surface area contributed by atoms with Gasteiger partial charge in [-0.2, -0.15) is 0 Å². The van der Waals surface area contributed by atoms with Crippen molar-refractivity contribution in [3.8, 4) is 5.75 Å². The van der Waals surface area contributed by atoms with E-state index in [1.165, 1.54) is 0 Å². The molecule has 110 valence electrons. The lowest BCUT2D eigenvalue weighted by Crippen LogP contribution is -2.40. The number of carbonyl (C=O) groups is 1. The van der Waals surface area contributed by atoms with Gasteiger partial charge in [-0.25, -0.2) is 0 Å². The summed E-state index contributed by atoms with van der Waals surface area (Å²) >= 11 is 11.9. The number of hydrogen-bond acceptors (Lipinski definition) is 3. The lowest BCUT2D eigenvalue weighted by Gasteiger charge is -2.17. The van der Waals surface area contributed by atoms with Crippen molar-refractivity contribution in [1.29, 1.82) is 0 Å². The summed E-state index contributed by atoms with van der Waals surface area (Å²) in [6.45, 7) is 2.95. The Kier molecular flexibility index (Phi) is 5.52. The van der Waals surface area contributed by atoms with E-state index in [-0.39, 0.29) is 12.0 Å². The monoisotopic (exact) mass is 317 g/mol. The van der Waals surface area contributed by atoms with Gasteiger partial charge in [0.2, 0.25) is 0 Å². The van der Waals surface area contributed by atoms with Gasteiger partial charge in [0.25, 0.3) is 5.91 Å². The third kappa shape index (κ3) is 4.01. The van der Waals surface area contributed by atoms with E-state index in [9.17, 15) is 4.79 Å². The normalized spacial score (nSPS) is 19.6. The van der Waals surface area contributed by atoms with Gasteiger partial charge >= 0.3 is 0 Å². The lowest BCUT2D eigenvalue weighted by molar-refractivity contribution is -0.127. The summed E-state index contributed by atoms with van der Waals surface area (Å²) in [5, 5.41) is 3.53. The number of halogens is 2. The maximum Gasteiger partial charge on any atom is 0.260 e. The van der Waals surface area contributed by atoms with Crippen LogP contribution in [0.5, 0.6) is 5.75 Å². The van der Waals surface area contributed by atoms with Gasteiger partial charge in [0, 0.05) is 13.2 Å². The van der Waals surface area contributed by atoms with Crippen LogP contribution >= 0.6 is 23.2 Å². The molecule has 1 amide bonds. The van der Waals surface area contributed by atoms with Crippen molar-refractivity contribution in [1.82, 2.24) is 5.32 Å². The van der Waals surface area contributed by atoms with Crippen molar-refractivity contribution in [2.24, 2.45) is 0 Å². The molecular weight excluding hydrogens is 301 g/mol. The highest BCUT2D eigenvalue weighted by molar-refractivity contribution is 6.42. The molecule has 4 nitrogen and oxygen atoms in total. The molecule has 0 radical (unpaired) electrons. The summed E-state index contributed by atoms with van der Waals surface area (Å²) in [6.07, 6.45) is 1.49. The van der Waals surface area contributed by atoms with E-state index < -0.39 is 6.10 Å². The second kappa shape index (κ2) is 7.16. The van der Waals surface area contributed by atoms with Gasteiger partial charge in [0.05, 0.1) is 11.1 Å². The number of amides is 1. The summed E-state index contributed by atoms with van der Waals surface area (Å²) in [5.41, 5.74) is 0. The fourth-order valence-electron chi connectivity index (χ4n) is 1.98. The number of rotatable bonds is 5. The summed E-state index contributed by atoms with van der Waals surface area (Å²) in [4.78, 5) is 11.9. The molecule has 0 bridgehead atoms. The van der Waals surface area contributed by atoms with Crippen molar-refractivity contribution < 1.29 is 14.3 Å². The van der Waals surface area contributed by atoms with Gasteiger partial charge < -0.3 is 14.8 Å². The van der Waals surface area contributed by atoms with Crippen LogP contribution in [-0.4, -0.2) is 31.3 Å². The molecule has 1 aromatic carbocycles. The minimum atomic E-state index is -0.646. The van der Waals surface area contributed by atoms with Crippen LogP contribution in [0.25, 0.3) is 0 Å². The zero-order valence-corrected chi connectivity index (χ0v) is 12.7. The van der Waals surface area contributed by atoms with Crippen LogP contribution in [-0.2, 0) is 9.53 Å². The first-order valence-electron chi connectivity index (χ1n) is 6.58. The Morgan fingerprint density at radius 2 is 2.35 bits per heavy atom. The number of nitrogens with one attached hydrogen (secondary N) is 1. The van der Waals surface area contributed by atoms with Crippen molar-refractivity contribution in [3.05, 3.63) is 28.2 Å². The average molecular weight is 318 g/mol. The fourth-order valence-corrected chi connectivity index (χ4v) is 2.32. The van der Waals surface area contributed by atoms with E-state index in [0.29, 0.717) is 22.3 Å². The van der Waals surface area contributed by atoms with Crippen LogP contribution in [0.15, 0.2) is 18.2 Å². The van der Waals surface area contributed by atoms with Crippen molar-refractivity contribution in [3.63, 3.8) is 0 Å². The molecular formula is C14H17Cl2NO3. The largest absolute Gasteiger partial charge is 0.479 e. The van der Waals surface area contributed by atoms with Crippen molar-refractivity contribution in [2.45, 2.75) is 32.0 Å². The van der Waals surface area contributed by atoms with E-state index in [1.807, 2.05) is 0 Å². The van der Waals surface area contributed by atoms with E-state index in [2.05, 4.69) is 5.32 Å². The van der Waals surface area contributed by atoms with Crippen molar-refractivity contribution in [2.75, 3.05) is 13.2 Å². The smallest absolute Gasteiger partial charge is 0.260 e. The Hall–Kier alpha value is -0.970. The summed E-state index contributed by atoms with van der Waals surface area (Å²) < 4.78 is 11.0. The minimum Gasteiger partial charge on any atom is -0.479 e. The summed E-state index contributed by atoms with van der Waals surface area (Å²) in [6, 6.07) is 5.07. The maximum atomic E-state index is 11.9. The summed E-state index contributed by atoms with van der Waals surface area (Å²) in [5.74, 6) is 0.204. The van der Waals surface area contributed by atoms with Crippen LogP contribution in [0.1, 0.15) is 19.8 Å². The molecule has 1 aliphatic rings. The van der Waals surface area contributed by atoms with Gasteiger partial charge in [-0.15, -0.1) is 0 Å². The van der Waals surface area contributed by atoms with Crippen LogP contribution in [0.3, 0.4) is 0 Å². The number of ether oxygens (including phenoxy) is 2. The molecule has 0 aliphatic carbocycles. The minimum absolute atomic E-state index is 0.112. The molecule has 1 saturated heterocycles. The Labute approximate surface area is 128 Å². The Balaban J connectivity index is 1.85. The number of hydrogen-bond donors (Lipinski definition) is 1. The Morgan fingerprint density at radius 3 is 3.05 bits per heavy atom. The van der Waals surface area contributed by atoms with Crippen LogP contribution in [0.4, 0.5) is 0 Å². The molecule has 1 aromatic rings. The van der Waals surface area contributed by atoms with Crippen molar-refractivity contribution >= 4 is 29.1 Å². The number of carbonyl (C=O) groups excluding carboxylic acids is 1. The molecule has 1 fully saturated rings. The summed E-state index contributed by atoms with van der Waals surface area (Å²) in [7, 11) is 0. The van der Waals surface area contributed by atoms with Gasteiger partial charge in [-0.1, -0.05) is 29.3 Å². The topological polar surface area (TPSA) is 47.6 Å². The number of benzene rings is 1. The highest BCUT2D eigenvalue weighted by Gasteiger charge is 2.20. The van der Waals surface area contributed by atoms with Crippen LogP contribution in [0.2, 0.25) is 10.0 Å². The highest BCUT2D eigenvalue weighted by Crippen LogP contribution is 2.32. The SMILES string of the molecule is C[C@H](Oc1cccc(Cl)c1Cl)C(=O)NC[C@H]1CCCO1.